The second-order valence-corrected chi connectivity index (χ2v) is 26.9. The number of hydrogen-bond acceptors (Lipinski definition) is 4. The van der Waals surface area contributed by atoms with E-state index in [1.807, 2.05) is 0 Å². The molecule has 2 aromatic rings. The average Bonchev–Trinajstić information content (AvgIpc) is 3.96. The molecule has 2 atom stereocenters. The van der Waals surface area contributed by atoms with Crippen molar-refractivity contribution in [3.8, 4) is 11.5 Å². The summed E-state index contributed by atoms with van der Waals surface area (Å²) >= 11 is 0. The Kier molecular flexibility index (Phi) is 15.7. The van der Waals surface area contributed by atoms with Crippen LogP contribution in [0.1, 0.15) is 223 Å². The molecule has 2 aliphatic rings. The Labute approximate surface area is 371 Å². The molecule has 60 heavy (non-hydrogen) atoms. The predicted molar refractivity (Wildman–Crippen MR) is 258 cm³/mol. The van der Waals surface area contributed by atoms with E-state index in [0.29, 0.717) is 12.2 Å². The van der Waals surface area contributed by atoms with Gasteiger partial charge in [0.2, 0.25) is 0 Å². The summed E-state index contributed by atoms with van der Waals surface area (Å²) in [6, 6.07) is 10.2. The Morgan fingerprint density at radius 3 is 0.850 bits per heavy atom. The zero-order chi connectivity index (χ0) is 45.3. The molecule has 4 nitrogen and oxygen atoms in total. The van der Waals surface area contributed by atoms with Gasteiger partial charge in [0.25, 0.3) is 0 Å². The van der Waals surface area contributed by atoms with Crippen LogP contribution in [-0.4, -0.2) is 38.6 Å². The first kappa shape index (κ1) is 50.6. The summed E-state index contributed by atoms with van der Waals surface area (Å²) in [5.41, 5.74) is 8.68. The first-order valence-corrected chi connectivity index (χ1v) is 24.0. The van der Waals surface area contributed by atoms with Crippen molar-refractivity contribution >= 4 is 0 Å². The zero-order valence-electron chi connectivity index (χ0n) is 43.0. The third-order valence-electron chi connectivity index (χ3n) is 12.4. The molecule has 0 saturated carbocycles. The van der Waals surface area contributed by atoms with Crippen LogP contribution in [0, 0.1) is 21.7 Å². The molecule has 0 radical (unpaired) electrons. The molecule has 0 aliphatic carbocycles. The molecule has 0 amide bonds. The summed E-state index contributed by atoms with van der Waals surface area (Å²) in [4.78, 5) is 0. The molecular formula is C56H94O4. The van der Waals surface area contributed by atoms with Crippen molar-refractivity contribution in [3.05, 3.63) is 57.6 Å². The first-order valence-electron chi connectivity index (χ1n) is 24.0. The van der Waals surface area contributed by atoms with E-state index in [1.54, 1.807) is 0 Å². The molecule has 2 aliphatic heterocycles. The summed E-state index contributed by atoms with van der Waals surface area (Å²) in [5.74, 6) is 2.26. The third-order valence-corrected chi connectivity index (χ3v) is 12.4. The fourth-order valence-corrected chi connectivity index (χ4v) is 11.4. The summed E-state index contributed by atoms with van der Waals surface area (Å²) in [6.45, 7) is 51.4. The van der Waals surface area contributed by atoms with Gasteiger partial charge in [-0.2, -0.15) is 0 Å². The summed E-state index contributed by atoms with van der Waals surface area (Å²) in [6.07, 6.45) is 11.2. The Hall–Kier alpha value is -2.04. The minimum absolute atomic E-state index is 0.0747. The van der Waals surface area contributed by atoms with E-state index in [2.05, 4.69) is 163 Å². The molecule has 2 saturated heterocycles. The molecule has 4 heteroatoms. The van der Waals surface area contributed by atoms with Crippen molar-refractivity contribution in [2.24, 2.45) is 21.7 Å². The van der Waals surface area contributed by atoms with Crippen molar-refractivity contribution < 1.29 is 18.9 Å². The van der Waals surface area contributed by atoms with Gasteiger partial charge >= 0.3 is 0 Å². The van der Waals surface area contributed by atoms with Crippen LogP contribution in [0.5, 0.6) is 11.5 Å². The maximum atomic E-state index is 7.05. The monoisotopic (exact) mass is 831 g/mol. The number of epoxide rings is 2. The number of rotatable bonds is 21. The lowest BCUT2D eigenvalue weighted by Crippen LogP contribution is -2.30. The topological polar surface area (TPSA) is 43.5 Å². The SMILES string of the molecule is CC(C)(C)CC(C)(C)c1cc(CCc2cc(C(C)(C)CC(C)(C)C)c(OCCCC3CO3)c(C(C)(C)CC(C)(C)C)c2)cc(C(C)(C)CC(C)(C)C)c1OCCCC1CO1. The smallest absolute Gasteiger partial charge is 0.126 e. The van der Waals surface area contributed by atoms with Gasteiger partial charge in [0.05, 0.1) is 38.6 Å². The molecule has 2 fully saturated rings. The fourth-order valence-electron chi connectivity index (χ4n) is 11.4. The largest absolute Gasteiger partial charge is 0.493 e. The minimum atomic E-state index is -0.0747. The Bertz CT molecular complexity index is 1480. The number of aryl methyl sites for hydroxylation is 2. The lowest BCUT2D eigenvalue weighted by atomic mass is 9.67. The van der Waals surface area contributed by atoms with E-state index in [-0.39, 0.29) is 43.3 Å². The molecule has 2 heterocycles. The highest BCUT2D eigenvalue weighted by atomic mass is 16.6. The van der Waals surface area contributed by atoms with Crippen molar-refractivity contribution in [3.63, 3.8) is 0 Å². The normalized spacial score (nSPS) is 18.2. The molecule has 0 spiro atoms. The van der Waals surface area contributed by atoms with Gasteiger partial charge in [0.1, 0.15) is 11.5 Å². The summed E-state index contributed by atoms with van der Waals surface area (Å²) in [5, 5.41) is 0. The van der Waals surface area contributed by atoms with Crippen molar-refractivity contribution in [1.29, 1.82) is 0 Å². The van der Waals surface area contributed by atoms with Gasteiger partial charge in [-0.3, -0.25) is 0 Å². The molecule has 2 unspecified atom stereocenters. The quantitative estimate of drug-likeness (QED) is 0.0928. The van der Waals surface area contributed by atoms with E-state index < -0.39 is 0 Å². The van der Waals surface area contributed by atoms with Crippen LogP contribution in [0.25, 0.3) is 0 Å². The van der Waals surface area contributed by atoms with Crippen LogP contribution in [0.4, 0.5) is 0 Å². The van der Waals surface area contributed by atoms with Gasteiger partial charge in [-0.1, -0.05) is 163 Å². The lowest BCUT2D eigenvalue weighted by Gasteiger charge is -2.39. The van der Waals surface area contributed by atoms with Gasteiger partial charge in [0.15, 0.2) is 0 Å². The Morgan fingerprint density at radius 1 is 0.417 bits per heavy atom. The fraction of sp³-hybridized carbons (Fsp3) is 0.786. The van der Waals surface area contributed by atoms with Crippen LogP contribution in [0.3, 0.4) is 0 Å². The van der Waals surface area contributed by atoms with Gasteiger partial charge in [0, 0.05) is 22.3 Å². The van der Waals surface area contributed by atoms with Crippen LogP contribution < -0.4 is 9.47 Å². The molecule has 0 bridgehead atoms. The predicted octanol–water partition coefficient (Wildman–Crippen LogP) is 15.4. The average molecular weight is 831 g/mol. The van der Waals surface area contributed by atoms with Crippen molar-refractivity contribution in [1.82, 2.24) is 0 Å². The van der Waals surface area contributed by atoms with Gasteiger partial charge in [-0.25, -0.2) is 0 Å². The molecule has 0 aromatic heterocycles. The molecular weight excluding hydrogens is 737 g/mol. The first-order chi connectivity index (χ1) is 27.2. The zero-order valence-corrected chi connectivity index (χ0v) is 43.0. The van der Waals surface area contributed by atoms with Gasteiger partial charge < -0.3 is 18.9 Å². The minimum Gasteiger partial charge on any atom is -0.493 e. The van der Waals surface area contributed by atoms with E-state index in [4.69, 9.17) is 18.9 Å². The Morgan fingerprint density at radius 2 is 0.650 bits per heavy atom. The van der Waals surface area contributed by atoms with E-state index >= 15 is 0 Å². The van der Waals surface area contributed by atoms with Crippen LogP contribution in [0.15, 0.2) is 24.3 Å². The van der Waals surface area contributed by atoms with Crippen LogP contribution in [0.2, 0.25) is 0 Å². The summed E-state index contributed by atoms with van der Waals surface area (Å²) in [7, 11) is 0. The van der Waals surface area contributed by atoms with E-state index in [1.165, 1.54) is 33.4 Å². The molecule has 4 rings (SSSR count). The lowest BCUT2D eigenvalue weighted by molar-refractivity contribution is 0.244. The van der Waals surface area contributed by atoms with Crippen LogP contribution >= 0.6 is 0 Å². The highest BCUT2D eigenvalue weighted by Gasteiger charge is 2.39. The highest BCUT2D eigenvalue weighted by Crippen LogP contribution is 2.50. The standard InChI is InChI=1S/C56H94O4/c1-49(2,3)35-53(13,14)43-29-39(30-44(54(15,16)36-50(4,5)6)47(43)57-27-21-23-41-33-59-41)25-26-40-31-45(55(17,18)37-51(7,8)9)48(58-28-22-24-42-34-60-42)46(32-40)56(19,20)38-52(10,11)12/h29-32,41-42H,21-28,33-38H2,1-20H3. The Balaban J connectivity index is 1.89. The maximum absolute atomic E-state index is 7.05. The molecule has 2 aromatic carbocycles. The van der Waals surface area contributed by atoms with Gasteiger partial charge in [-0.05, 0) is 119 Å². The van der Waals surface area contributed by atoms with Crippen molar-refractivity contribution in [2.45, 2.75) is 237 Å². The van der Waals surface area contributed by atoms with E-state index in [0.717, 1.165) is 102 Å². The second-order valence-electron chi connectivity index (χ2n) is 26.9. The second kappa shape index (κ2) is 18.6. The van der Waals surface area contributed by atoms with Gasteiger partial charge in [-0.15, -0.1) is 0 Å². The van der Waals surface area contributed by atoms with Crippen molar-refractivity contribution in [2.75, 3.05) is 26.4 Å². The maximum Gasteiger partial charge on any atom is 0.126 e. The summed E-state index contributed by atoms with van der Waals surface area (Å²) < 4.78 is 25.2. The molecule has 0 N–H and O–H groups in total. The number of ether oxygens (including phenoxy) is 4. The highest BCUT2D eigenvalue weighted by molar-refractivity contribution is 5.54. The number of hydrogen-bond donors (Lipinski definition) is 0. The third kappa shape index (κ3) is 15.9. The van der Waals surface area contributed by atoms with E-state index in [9.17, 15) is 0 Å². The number of benzene rings is 2. The van der Waals surface area contributed by atoms with Crippen LogP contribution in [-0.2, 0) is 44.0 Å². The molecule has 342 valence electrons.